The molecule has 2 N–H and O–H groups in total. The van der Waals surface area contributed by atoms with Crippen molar-refractivity contribution in [1.29, 1.82) is 0 Å². The summed E-state index contributed by atoms with van der Waals surface area (Å²) in [5.74, 6) is 0. The third-order valence-corrected chi connectivity index (χ3v) is 8.06. The van der Waals surface area contributed by atoms with Gasteiger partial charge in [0.2, 0.25) is 10.0 Å². The fourth-order valence-electron chi connectivity index (χ4n) is 3.24. The molecule has 5 nitrogen and oxygen atoms in total. The molecule has 4 aromatic rings. The SMILES string of the molecule is Cc1ccc(C)c(S(=O)(=O)NCCc2c(-c3cccs3)n[nH]c2-c2cccs2)c1. The fraction of sp³-hybridized carbons (Fsp3) is 0.190. The summed E-state index contributed by atoms with van der Waals surface area (Å²) < 4.78 is 28.4. The Morgan fingerprint density at radius 1 is 1.03 bits per heavy atom. The van der Waals surface area contributed by atoms with Crippen molar-refractivity contribution in [3.63, 3.8) is 0 Å². The maximum absolute atomic E-state index is 12.8. The Labute approximate surface area is 178 Å². The molecule has 0 fully saturated rings. The van der Waals surface area contributed by atoms with Crippen molar-refractivity contribution < 1.29 is 8.42 Å². The van der Waals surface area contributed by atoms with Gasteiger partial charge in [-0.2, -0.15) is 5.10 Å². The summed E-state index contributed by atoms with van der Waals surface area (Å²) in [4.78, 5) is 2.49. The van der Waals surface area contributed by atoms with Crippen LogP contribution in [0.4, 0.5) is 0 Å². The summed E-state index contributed by atoms with van der Waals surface area (Å²) >= 11 is 3.26. The van der Waals surface area contributed by atoms with Crippen LogP contribution in [0.2, 0.25) is 0 Å². The van der Waals surface area contributed by atoms with E-state index in [0.717, 1.165) is 37.8 Å². The van der Waals surface area contributed by atoms with E-state index in [-0.39, 0.29) is 0 Å². The lowest BCUT2D eigenvalue weighted by Gasteiger charge is -2.11. The number of sulfonamides is 1. The standard InChI is InChI=1S/C21H21N3O2S3/c1-14-7-8-15(2)19(13-14)29(25,26)22-10-9-16-20(17-5-3-11-27-17)23-24-21(16)18-6-4-12-28-18/h3-8,11-13,22H,9-10H2,1-2H3,(H,23,24). The smallest absolute Gasteiger partial charge is 0.240 e. The lowest BCUT2D eigenvalue weighted by Crippen LogP contribution is -2.26. The van der Waals surface area contributed by atoms with Gasteiger partial charge in [0.05, 0.1) is 20.3 Å². The summed E-state index contributed by atoms with van der Waals surface area (Å²) in [5, 5.41) is 11.7. The largest absolute Gasteiger partial charge is 0.276 e. The number of rotatable bonds is 7. The summed E-state index contributed by atoms with van der Waals surface area (Å²) in [7, 11) is -3.58. The van der Waals surface area contributed by atoms with Gasteiger partial charge in [-0.05, 0) is 60.4 Å². The van der Waals surface area contributed by atoms with Crippen LogP contribution < -0.4 is 4.72 Å². The summed E-state index contributed by atoms with van der Waals surface area (Å²) in [6.07, 6.45) is 0.543. The molecule has 150 valence electrons. The lowest BCUT2D eigenvalue weighted by molar-refractivity contribution is 0.581. The molecular weight excluding hydrogens is 422 g/mol. The highest BCUT2D eigenvalue weighted by atomic mass is 32.2. The second kappa shape index (κ2) is 8.23. The number of aryl methyl sites for hydroxylation is 2. The molecular formula is C21H21N3O2S3. The van der Waals surface area contributed by atoms with E-state index in [1.54, 1.807) is 28.7 Å². The molecule has 0 aliphatic heterocycles. The second-order valence-corrected chi connectivity index (χ2v) is 10.4. The van der Waals surface area contributed by atoms with Crippen LogP contribution in [0.15, 0.2) is 58.1 Å². The van der Waals surface area contributed by atoms with Gasteiger partial charge in [-0.1, -0.05) is 24.3 Å². The number of aromatic nitrogens is 2. The minimum Gasteiger partial charge on any atom is -0.276 e. The molecule has 0 saturated carbocycles. The monoisotopic (exact) mass is 443 g/mol. The molecule has 0 aliphatic carbocycles. The molecule has 0 radical (unpaired) electrons. The number of H-pyrrole nitrogens is 1. The van der Waals surface area contributed by atoms with Crippen LogP contribution in [0.25, 0.3) is 21.1 Å². The average Bonchev–Trinajstić information content (AvgIpc) is 3.44. The fourth-order valence-corrected chi connectivity index (χ4v) is 6.08. The van der Waals surface area contributed by atoms with Crippen LogP contribution in [-0.4, -0.2) is 25.2 Å². The first kappa shape index (κ1) is 20.0. The van der Waals surface area contributed by atoms with E-state index >= 15 is 0 Å². The van der Waals surface area contributed by atoms with Gasteiger partial charge in [0.15, 0.2) is 0 Å². The number of benzene rings is 1. The highest BCUT2D eigenvalue weighted by molar-refractivity contribution is 7.89. The average molecular weight is 444 g/mol. The van der Waals surface area contributed by atoms with Crippen molar-refractivity contribution in [2.24, 2.45) is 0 Å². The molecule has 1 aromatic carbocycles. The molecule has 29 heavy (non-hydrogen) atoms. The summed E-state index contributed by atoms with van der Waals surface area (Å²) in [6, 6.07) is 13.5. The molecule has 3 heterocycles. The minimum atomic E-state index is -3.58. The lowest BCUT2D eigenvalue weighted by atomic mass is 10.1. The molecule has 0 saturated heterocycles. The van der Waals surface area contributed by atoms with Gasteiger partial charge in [-0.25, -0.2) is 13.1 Å². The van der Waals surface area contributed by atoms with Crippen LogP contribution >= 0.6 is 22.7 Å². The zero-order valence-corrected chi connectivity index (χ0v) is 18.5. The molecule has 0 bridgehead atoms. The Hall–Kier alpha value is -2.26. The second-order valence-electron chi connectivity index (χ2n) is 6.80. The van der Waals surface area contributed by atoms with Gasteiger partial charge in [0.1, 0.15) is 5.69 Å². The van der Waals surface area contributed by atoms with Gasteiger partial charge in [0, 0.05) is 12.1 Å². The van der Waals surface area contributed by atoms with Gasteiger partial charge in [-0.15, -0.1) is 22.7 Å². The maximum atomic E-state index is 12.8. The molecule has 0 aliphatic rings. The zero-order valence-electron chi connectivity index (χ0n) is 16.1. The Morgan fingerprint density at radius 2 is 1.76 bits per heavy atom. The van der Waals surface area contributed by atoms with Gasteiger partial charge < -0.3 is 0 Å². The molecule has 0 spiro atoms. The Bertz CT molecular complexity index is 1160. The normalized spacial score (nSPS) is 11.8. The van der Waals surface area contributed by atoms with E-state index in [1.807, 2.05) is 61.0 Å². The van der Waals surface area contributed by atoms with Gasteiger partial charge in [0.25, 0.3) is 0 Å². The minimum absolute atomic E-state index is 0.298. The molecule has 0 amide bonds. The highest BCUT2D eigenvalue weighted by Gasteiger charge is 2.20. The number of nitrogens with zero attached hydrogens (tertiary/aromatic N) is 1. The molecule has 4 rings (SSSR count). The first-order chi connectivity index (χ1) is 14.0. The van der Waals surface area contributed by atoms with Crippen LogP contribution in [0, 0.1) is 13.8 Å². The van der Waals surface area contributed by atoms with E-state index in [0.29, 0.717) is 17.9 Å². The topological polar surface area (TPSA) is 74.8 Å². The van der Waals surface area contributed by atoms with E-state index in [4.69, 9.17) is 0 Å². The van der Waals surface area contributed by atoms with E-state index in [1.165, 1.54) is 0 Å². The van der Waals surface area contributed by atoms with Crippen LogP contribution in [0.3, 0.4) is 0 Å². The van der Waals surface area contributed by atoms with Gasteiger partial charge >= 0.3 is 0 Å². The van der Waals surface area contributed by atoms with Crippen molar-refractivity contribution in [2.45, 2.75) is 25.2 Å². The molecule has 0 unspecified atom stereocenters. The van der Waals surface area contributed by atoms with Crippen molar-refractivity contribution in [2.75, 3.05) is 6.54 Å². The predicted octanol–water partition coefficient (Wildman–Crippen LogP) is 5.00. The molecule has 3 aromatic heterocycles. The van der Waals surface area contributed by atoms with E-state index < -0.39 is 10.0 Å². The van der Waals surface area contributed by atoms with E-state index in [9.17, 15) is 8.42 Å². The highest BCUT2D eigenvalue weighted by Crippen LogP contribution is 2.34. The number of nitrogens with one attached hydrogen (secondary N) is 2. The number of hydrogen-bond donors (Lipinski definition) is 2. The zero-order chi connectivity index (χ0) is 20.4. The summed E-state index contributed by atoms with van der Waals surface area (Å²) in [5.41, 5.74) is 4.53. The number of aromatic amines is 1. The Morgan fingerprint density at radius 3 is 2.45 bits per heavy atom. The van der Waals surface area contributed by atoms with Crippen molar-refractivity contribution in [1.82, 2.24) is 14.9 Å². The van der Waals surface area contributed by atoms with Gasteiger partial charge in [-0.3, -0.25) is 5.10 Å². The number of hydrogen-bond acceptors (Lipinski definition) is 5. The third kappa shape index (κ3) is 4.20. The third-order valence-electron chi connectivity index (χ3n) is 4.69. The Balaban J connectivity index is 1.60. The van der Waals surface area contributed by atoms with Crippen molar-refractivity contribution >= 4 is 32.7 Å². The maximum Gasteiger partial charge on any atom is 0.240 e. The quantitative estimate of drug-likeness (QED) is 0.422. The van der Waals surface area contributed by atoms with E-state index in [2.05, 4.69) is 14.9 Å². The first-order valence-corrected chi connectivity index (χ1v) is 12.4. The van der Waals surface area contributed by atoms with Crippen molar-refractivity contribution in [3.05, 3.63) is 69.9 Å². The predicted molar refractivity (Wildman–Crippen MR) is 120 cm³/mol. The van der Waals surface area contributed by atoms with Crippen LogP contribution in [0.1, 0.15) is 16.7 Å². The summed E-state index contributed by atoms with van der Waals surface area (Å²) in [6.45, 7) is 4.00. The Kier molecular flexibility index (Phi) is 5.69. The van der Waals surface area contributed by atoms with Crippen molar-refractivity contribution in [3.8, 4) is 21.1 Å². The molecule has 8 heteroatoms. The van der Waals surface area contributed by atoms with Crippen LogP contribution in [0.5, 0.6) is 0 Å². The molecule has 0 atom stereocenters. The number of thiophene rings is 2. The first-order valence-electron chi connectivity index (χ1n) is 9.17. The van der Waals surface area contributed by atoms with Crippen LogP contribution in [-0.2, 0) is 16.4 Å².